The number of likely N-dealkylation sites (tertiary alicyclic amines) is 1. The van der Waals surface area contributed by atoms with Crippen LogP contribution in [0, 0.1) is 17.2 Å². The summed E-state index contributed by atoms with van der Waals surface area (Å²) >= 11 is 5.94. The van der Waals surface area contributed by atoms with E-state index in [4.69, 9.17) is 11.6 Å². The summed E-state index contributed by atoms with van der Waals surface area (Å²) in [6.45, 7) is 4.87. The first-order valence-electron chi connectivity index (χ1n) is 8.60. The van der Waals surface area contributed by atoms with Crippen molar-refractivity contribution in [2.24, 2.45) is 11.3 Å². The molecular weight excluding hydrogens is 379 g/mol. The zero-order valence-electron chi connectivity index (χ0n) is 15.3. The van der Waals surface area contributed by atoms with Crippen molar-refractivity contribution < 1.29 is 29.0 Å². The molecule has 0 radical (unpaired) electrons. The Bertz CT molecular complexity index is 785. The first-order valence-corrected chi connectivity index (χ1v) is 8.98. The highest BCUT2D eigenvalue weighted by molar-refractivity contribution is 6.29. The Morgan fingerprint density at radius 3 is 2.52 bits per heavy atom. The molecule has 1 aliphatic rings. The predicted molar refractivity (Wildman–Crippen MR) is 95.6 cm³/mol. The van der Waals surface area contributed by atoms with Gasteiger partial charge in [-0.3, -0.25) is 9.59 Å². The van der Waals surface area contributed by atoms with Gasteiger partial charge in [0.2, 0.25) is 0 Å². The molecule has 0 aromatic carbocycles. The van der Waals surface area contributed by atoms with Crippen LogP contribution in [-0.4, -0.2) is 50.5 Å². The van der Waals surface area contributed by atoms with Crippen LogP contribution in [0.15, 0.2) is 6.07 Å². The van der Waals surface area contributed by atoms with Crippen molar-refractivity contribution in [3.05, 3.63) is 28.3 Å². The number of carbonyl (C=O) groups excluding carboxylic acids is 1. The normalized spacial score (nSPS) is 22.7. The minimum Gasteiger partial charge on any atom is -0.481 e. The average molecular weight is 401 g/mol. The third kappa shape index (κ3) is 4.21. The summed E-state index contributed by atoms with van der Waals surface area (Å²) in [6.07, 6.45) is -1.38. The molecule has 0 saturated carbocycles. The van der Waals surface area contributed by atoms with Gasteiger partial charge in [0.25, 0.3) is 0 Å². The van der Waals surface area contributed by atoms with Crippen LogP contribution in [0.4, 0.5) is 9.18 Å². The molecule has 1 aliphatic heterocycles. The Labute approximate surface area is 161 Å². The monoisotopic (exact) mass is 400 g/mol. The van der Waals surface area contributed by atoms with Gasteiger partial charge in [0, 0.05) is 24.9 Å². The van der Waals surface area contributed by atoms with Crippen LogP contribution in [-0.2, 0) is 11.2 Å². The fourth-order valence-electron chi connectivity index (χ4n) is 3.52. The second kappa shape index (κ2) is 7.80. The number of rotatable bonds is 5. The van der Waals surface area contributed by atoms with Gasteiger partial charge >= 0.3 is 12.1 Å². The van der Waals surface area contributed by atoms with E-state index >= 15 is 0 Å². The second-order valence-electron chi connectivity index (χ2n) is 7.31. The molecular formula is C18H22ClFN2O5. The SMILES string of the molecule is CC(C)C(=O)c1cc(Cl)nc(CC2(C(=O)O)CCN(C(=O)O)[C@H](C)C2)c1F. The molecule has 2 N–H and O–H groups in total. The quantitative estimate of drug-likeness (QED) is 0.578. The lowest BCUT2D eigenvalue weighted by Gasteiger charge is -2.42. The van der Waals surface area contributed by atoms with E-state index in [0.717, 1.165) is 11.0 Å². The second-order valence-corrected chi connectivity index (χ2v) is 7.70. The van der Waals surface area contributed by atoms with E-state index in [1.54, 1.807) is 20.8 Å². The summed E-state index contributed by atoms with van der Waals surface area (Å²) in [5.41, 5.74) is -1.79. The number of halogens is 2. The fourth-order valence-corrected chi connectivity index (χ4v) is 3.73. The molecule has 2 rings (SSSR count). The maximum absolute atomic E-state index is 14.9. The van der Waals surface area contributed by atoms with Gasteiger partial charge in [-0.05, 0) is 25.8 Å². The van der Waals surface area contributed by atoms with Crippen LogP contribution in [0.25, 0.3) is 0 Å². The van der Waals surface area contributed by atoms with E-state index < -0.39 is 41.0 Å². The number of amides is 1. The lowest BCUT2D eigenvalue weighted by atomic mass is 9.72. The molecule has 1 amide bonds. The molecule has 0 spiro atoms. The van der Waals surface area contributed by atoms with Crippen LogP contribution in [0.1, 0.15) is 49.7 Å². The largest absolute Gasteiger partial charge is 0.481 e. The van der Waals surface area contributed by atoms with Crippen molar-refractivity contribution in [1.82, 2.24) is 9.88 Å². The van der Waals surface area contributed by atoms with E-state index in [9.17, 15) is 29.0 Å². The molecule has 0 bridgehead atoms. The average Bonchev–Trinajstić information content (AvgIpc) is 2.56. The molecule has 1 saturated heterocycles. The van der Waals surface area contributed by atoms with Crippen LogP contribution >= 0.6 is 11.6 Å². The summed E-state index contributed by atoms with van der Waals surface area (Å²) in [5, 5.41) is 18.9. The Kier molecular flexibility index (Phi) is 6.09. The molecule has 27 heavy (non-hydrogen) atoms. The topological polar surface area (TPSA) is 108 Å². The Morgan fingerprint density at radius 2 is 2.04 bits per heavy atom. The molecule has 0 aliphatic carbocycles. The molecule has 1 unspecified atom stereocenters. The maximum Gasteiger partial charge on any atom is 0.407 e. The van der Waals surface area contributed by atoms with Gasteiger partial charge in [-0.1, -0.05) is 25.4 Å². The minimum atomic E-state index is -1.39. The van der Waals surface area contributed by atoms with E-state index in [0.29, 0.717) is 0 Å². The summed E-state index contributed by atoms with van der Waals surface area (Å²) in [6, 6.07) is 0.595. The van der Waals surface area contributed by atoms with Crippen LogP contribution in [0.3, 0.4) is 0 Å². The first kappa shape index (κ1) is 21.1. The third-order valence-electron chi connectivity index (χ3n) is 5.04. The van der Waals surface area contributed by atoms with Gasteiger partial charge in [-0.25, -0.2) is 14.2 Å². The Balaban J connectivity index is 2.42. The highest BCUT2D eigenvalue weighted by Gasteiger charge is 2.46. The van der Waals surface area contributed by atoms with Gasteiger partial charge in [-0.2, -0.15) is 0 Å². The van der Waals surface area contributed by atoms with Gasteiger partial charge in [0.15, 0.2) is 11.6 Å². The zero-order chi connectivity index (χ0) is 20.5. The number of nitrogens with zero attached hydrogens (tertiary/aromatic N) is 2. The van der Waals surface area contributed by atoms with Crippen molar-refractivity contribution in [3.8, 4) is 0 Å². The van der Waals surface area contributed by atoms with Crippen molar-refractivity contribution in [3.63, 3.8) is 0 Å². The van der Waals surface area contributed by atoms with E-state index in [2.05, 4.69) is 4.98 Å². The zero-order valence-corrected chi connectivity index (χ0v) is 16.1. The summed E-state index contributed by atoms with van der Waals surface area (Å²) < 4.78 is 14.9. The number of carbonyl (C=O) groups is 3. The number of pyridine rings is 1. The number of carboxylic acids is 1. The van der Waals surface area contributed by atoms with Crippen LogP contribution < -0.4 is 0 Å². The van der Waals surface area contributed by atoms with E-state index in [-0.39, 0.29) is 42.2 Å². The van der Waals surface area contributed by atoms with Crippen molar-refractivity contribution in [1.29, 1.82) is 0 Å². The third-order valence-corrected chi connectivity index (χ3v) is 5.23. The molecule has 2 heterocycles. The summed E-state index contributed by atoms with van der Waals surface area (Å²) in [5.74, 6) is -2.93. The Morgan fingerprint density at radius 1 is 1.41 bits per heavy atom. The van der Waals surface area contributed by atoms with Gasteiger partial charge < -0.3 is 15.1 Å². The van der Waals surface area contributed by atoms with Crippen LogP contribution in [0.5, 0.6) is 0 Å². The van der Waals surface area contributed by atoms with E-state index in [1.807, 2.05) is 0 Å². The molecule has 1 aromatic rings. The molecule has 2 atom stereocenters. The summed E-state index contributed by atoms with van der Waals surface area (Å²) in [7, 11) is 0. The van der Waals surface area contributed by atoms with Gasteiger partial charge in [0.1, 0.15) is 5.15 Å². The summed E-state index contributed by atoms with van der Waals surface area (Å²) in [4.78, 5) is 40.6. The first-order chi connectivity index (χ1) is 12.5. The fraction of sp³-hybridized carbons (Fsp3) is 0.556. The standard InChI is InChI=1S/C18H22ClFN2O5/c1-9(2)15(23)11-6-13(19)21-12(14(11)20)8-18(16(24)25)4-5-22(17(26)27)10(3)7-18/h6,9-10H,4-5,7-8H2,1-3H3,(H,24,25)(H,26,27)/t10-,18?/m1/s1. The number of aromatic nitrogens is 1. The molecule has 9 heteroatoms. The highest BCUT2D eigenvalue weighted by atomic mass is 35.5. The highest BCUT2D eigenvalue weighted by Crippen LogP contribution is 2.39. The van der Waals surface area contributed by atoms with E-state index in [1.165, 1.54) is 0 Å². The number of piperidine rings is 1. The Hall–Kier alpha value is -2.22. The lowest BCUT2D eigenvalue weighted by Crippen LogP contribution is -2.51. The number of ketones is 1. The number of carboxylic acid groups (broad SMARTS) is 2. The minimum absolute atomic E-state index is 0.00965. The smallest absolute Gasteiger partial charge is 0.407 e. The predicted octanol–water partition coefficient (Wildman–Crippen LogP) is 3.49. The lowest BCUT2D eigenvalue weighted by molar-refractivity contribution is -0.153. The van der Waals surface area contributed by atoms with Crippen molar-refractivity contribution >= 4 is 29.4 Å². The van der Waals surface area contributed by atoms with Gasteiger partial charge in [-0.15, -0.1) is 0 Å². The van der Waals surface area contributed by atoms with Crippen molar-refractivity contribution in [2.45, 2.75) is 46.1 Å². The van der Waals surface area contributed by atoms with Gasteiger partial charge in [0.05, 0.1) is 16.7 Å². The number of hydrogen-bond donors (Lipinski definition) is 2. The van der Waals surface area contributed by atoms with Crippen LogP contribution in [0.2, 0.25) is 5.15 Å². The number of aliphatic carboxylic acids is 1. The molecule has 7 nitrogen and oxygen atoms in total. The maximum atomic E-state index is 14.9. The van der Waals surface area contributed by atoms with Crippen molar-refractivity contribution in [2.75, 3.05) is 6.54 Å². The number of Topliss-reactive ketones (excluding diaryl/α,β-unsaturated/α-hetero) is 1. The molecule has 1 aromatic heterocycles. The number of hydrogen-bond acceptors (Lipinski definition) is 4. The molecule has 1 fully saturated rings. The molecule has 148 valence electrons.